The molecule has 0 N–H and O–H groups in total. The number of hydrogen-bond donors (Lipinski definition) is 0. The Kier molecular flexibility index (Phi) is 59.9. The summed E-state index contributed by atoms with van der Waals surface area (Å²) < 4.78 is 16.8. The van der Waals surface area contributed by atoms with Crippen molar-refractivity contribution in [3.63, 3.8) is 0 Å². The van der Waals surface area contributed by atoms with Gasteiger partial charge < -0.3 is 14.2 Å². The quantitative estimate of drug-likeness (QED) is 0.0261. The van der Waals surface area contributed by atoms with Crippen LogP contribution in [0.3, 0.4) is 0 Å². The van der Waals surface area contributed by atoms with Gasteiger partial charge in [0.1, 0.15) is 13.2 Å². The number of carbonyl (C=O) groups is 3. The van der Waals surface area contributed by atoms with Crippen LogP contribution < -0.4 is 0 Å². The van der Waals surface area contributed by atoms with E-state index in [1.54, 1.807) is 0 Å². The zero-order chi connectivity index (χ0) is 55.0. The average molecular weight is 1050 g/mol. The second-order valence-electron chi connectivity index (χ2n) is 20.6. The van der Waals surface area contributed by atoms with E-state index in [9.17, 15) is 14.4 Å². The van der Waals surface area contributed by atoms with E-state index >= 15 is 0 Å². The molecule has 0 aliphatic rings. The van der Waals surface area contributed by atoms with Crippen molar-refractivity contribution in [3.8, 4) is 0 Å². The predicted molar refractivity (Wildman–Crippen MR) is 330 cm³/mol. The maximum absolute atomic E-state index is 12.9. The van der Waals surface area contributed by atoms with E-state index < -0.39 is 6.10 Å². The molecule has 0 saturated carbocycles. The summed E-state index contributed by atoms with van der Waals surface area (Å²) in [5.41, 5.74) is 0. The zero-order valence-corrected chi connectivity index (χ0v) is 49.5. The smallest absolute Gasteiger partial charge is 0.306 e. The van der Waals surface area contributed by atoms with Gasteiger partial charge in [-0.1, -0.05) is 277 Å². The SMILES string of the molecule is CC/C=C\C/C=C\C/C=C\C/C=C\C/C=C\CCCCCCCCCCCCCCCC(=O)OCC(COC(=O)CCCCCCCCCC)OC(=O)CCCCCCC/C=C\C/C=C\C/C=C\C/C=C\C/C=C\CC. The Morgan fingerprint density at radius 1 is 0.276 bits per heavy atom. The molecule has 0 spiro atoms. The number of carbonyl (C=O) groups excluding carboxylic acids is 3. The summed E-state index contributed by atoms with van der Waals surface area (Å²) in [7, 11) is 0. The Labute approximate surface area is 469 Å². The number of hydrogen-bond acceptors (Lipinski definition) is 6. The highest BCUT2D eigenvalue weighted by Gasteiger charge is 2.19. The van der Waals surface area contributed by atoms with Gasteiger partial charge in [0.25, 0.3) is 0 Å². The van der Waals surface area contributed by atoms with Gasteiger partial charge in [0.05, 0.1) is 0 Å². The van der Waals surface area contributed by atoms with Crippen molar-refractivity contribution in [2.45, 2.75) is 290 Å². The van der Waals surface area contributed by atoms with Crippen molar-refractivity contribution < 1.29 is 28.6 Å². The van der Waals surface area contributed by atoms with Gasteiger partial charge in [-0.05, 0) is 109 Å². The number of ether oxygens (including phenoxy) is 3. The Morgan fingerprint density at radius 3 is 0.803 bits per heavy atom. The molecule has 0 radical (unpaired) electrons. The lowest BCUT2D eigenvalue weighted by Crippen LogP contribution is -2.30. The second-order valence-corrected chi connectivity index (χ2v) is 20.6. The van der Waals surface area contributed by atoms with Gasteiger partial charge in [0, 0.05) is 19.3 Å². The van der Waals surface area contributed by atoms with Crippen molar-refractivity contribution in [2.24, 2.45) is 0 Å². The summed E-state index contributed by atoms with van der Waals surface area (Å²) in [6.07, 6.45) is 87.9. The molecule has 1 atom stereocenters. The second kappa shape index (κ2) is 63.3. The first-order valence-corrected chi connectivity index (χ1v) is 31.5. The van der Waals surface area contributed by atoms with E-state index in [1.165, 1.54) is 103 Å². The van der Waals surface area contributed by atoms with Crippen molar-refractivity contribution in [1.29, 1.82) is 0 Å². The first kappa shape index (κ1) is 71.8. The third kappa shape index (κ3) is 60.7. The van der Waals surface area contributed by atoms with Gasteiger partial charge in [-0.25, -0.2) is 0 Å². The van der Waals surface area contributed by atoms with E-state index in [-0.39, 0.29) is 31.1 Å². The molecule has 1 unspecified atom stereocenters. The highest BCUT2D eigenvalue weighted by Crippen LogP contribution is 2.16. The van der Waals surface area contributed by atoms with Crippen molar-refractivity contribution >= 4 is 17.9 Å². The third-order valence-corrected chi connectivity index (χ3v) is 13.2. The van der Waals surface area contributed by atoms with E-state index in [0.29, 0.717) is 19.3 Å². The largest absolute Gasteiger partial charge is 0.462 e. The summed E-state index contributed by atoms with van der Waals surface area (Å²) in [5.74, 6) is -0.907. The molecule has 0 fully saturated rings. The Morgan fingerprint density at radius 2 is 0.513 bits per heavy atom. The molecule has 0 aliphatic carbocycles. The van der Waals surface area contributed by atoms with Crippen LogP contribution in [0.4, 0.5) is 0 Å². The van der Waals surface area contributed by atoms with Crippen LogP contribution in [0.1, 0.15) is 284 Å². The molecule has 0 heterocycles. The minimum Gasteiger partial charge on any atom is -0.462 e. The van der Waals surface area contributed by atoms with Crippen LogP contribution in [0, 0.1) is 0 Å². The Bertz CT molecular complexity index is 1590. The van der Waals surface area contributed by atoms with E-state index in [2.05, 4.69) is 142 Å². The maximum atomic E-state index is 12.9. The minimum absolute atomic E-state index is 0.0862. The first-order valence-electron chi connectivity index (χ1n) is 31.5. The van der Waals surface area contributed by atoms with Gasteiger partial charge in [0.2, 0.25) is 0 Å². The van der Waals surface area contributed by atoms with Crippen LogP contribution in [-0.2, 0) is 28.6 Å². The standard InChI is InChI=1S/C70H116O6/c1-4-7-10-13-16-19-21-23-25-27-29-31-32-33-34-35-36-37-38-40-41-43-45-47-49-51-54-57-60-63-69(72)75-66-67(65-74-68(71)62-59-56-53-18-15-12-9-6-3)76-70(73)64-61-58-55-52-50-48-46-44-42-39-30-28-26-24-22-20-17-14-11-8-5-2/h7-8,10-11,16-17,19-20,23-26,29-31,33-34,39,44,46,67H,4-6,9,12-15,18,21-22,27-28,32,35-38,40-43,45,47-66H2,1-3H3/b10-7-,11-8-,19-16-,20-17-,25-23-,26-24-,31-29-,34-33-,39-30-,46-44-. The highest BCUT2D eigenvalue weighted by molar-refractivity contribution is 5.71. The number of unbranched alkanes of at least 4 members (excludes halogenated alkanes) is 25. The fourth-order valence-electron chi connectivity index (χ4n) is 8.56. The molecule has 0 aromatic carbocycles. The van der Waals surface area contributed by atoms with Gasteiger partial charge in [-0.2, -0.15) is 0 Å². The molecular weight excluding hydrogens is 937 g/mol. The van der Waals surface area contributed by atoms with Gasteiger partial charge in [-0.3, -0.25) is 14.4 Å². The third-order valence-electron chi connectivity index (χ3n) is 13.2. The highest BCUT2D eigenvalue weighted by atomic mass is 16.6. The minimum atomic E-state index is -0.789. The summed E-state index contributed by atoms with van der Waals surface area (Å²) in [4.78, 5) is 38.1. The van der Waals surface area contributed by atoms with Crippen LogP contribution in [0.5, 0.6) is 0 Å². The summed E-state index contributed by atoms with van der Waals surface area (Å²) in [6.45, 7) is 6.38. The van der Waals surface area contributed by atoms with Gasteiger partial charge in [-0.15, -0.1) is 0 Å². The molecule has 6 nitrogen and oxygen atoms in total. The summed E-state index contributed by atoms with van der Waals surface area (Å²) >= 11 is 0. The fourth-order valence-corrected chi connectivity index (χ4v) is 8.56. The first-order chi connectivity index (χ1) is 37.5. The Balaban J connectivity index is 4.20. The average Bonchev–Trinajstić information content (AvgIpc) is 3.42. The van der Waals surface area contributed by atoms with Crippen LogP contribution in [0.2, 0.25) is 0 Å². The zero-order valence-electron chi connectivity index (χ0n) is 49.5. The lowest BCUT2D eigenvalue weighted by molar-refractivity contribution is -0.167. The van der Waals surface area contributed by atoms with Crippen molar-refractivity contribution in [2.75, 3.05) is 13.2 Å². The topological polar surface area (TPSA) is 78.9 Å². The van der Waals surface area contributed by atoms with E-state index in [0.717, 1.165) is 141 Å². The molecule has 0 amide bonds. The molecule has 76 heavy (non-hydrogen) atoms. The molecule has 6 heteroatoms. The summed E-state index contributed by atoms with van der Waals surface area (Å²) in [6, 6.07) is 0. The number of allylic oxidation sites excluding steroid dienone is 20. The fraction of sp³-hybridized carbons (Fsp3) is 0.671. The lowest BCUT2D eigenvalue weighted by atomic mass is 10.0. The molecule has 0 bridgehead atoms. The molecule has 0 aromatic rings. The molecule has 0 rings (SSSR count). The predicted octanol–water partition coefficient (Wildman–Crippen LogP) is 21.6. The molecular formula is C70H116O6. The van der Waals surface area contributed by atoms with Crippen LogP contribution in [-0.4, -0.2) is 37.2 Å². The molecule has 432 valence electrons. The number of rotatable bonds is 56. The summed E-state index contributed by atoms with van der Waals surface area (Å²) in [5, 5.41) is 0. The van der Waals surface area contributed by atoms with E-state index in [4.69, 9.17) is 14.2 Å². The lowest BCUT2D eigenvalue weighted by Gasteiger charge is -2.18. The van der Waals surface area contributed by atoms with Crippen LogP contribution in [0.15, 0.2) is 122 Å². The maximum Gasteiger partial charge on any atom is 0.306 e. The monoisotopic (exact) mass is 1050 g/mol. The molecule has 0 aliphatic heterocycles. The van der Waals surface area contributed by atoms with E-state index in [1.807, 2.05) is 0 Å². The molecule has 0 aromatic heterocycles. The van der Waals surface area contributed by atoms with Crippen molar-refractivity contribution in [1.82, 2.24) is 0 Å². The van der Waals surface area contributed by atoms with Gasteiger partial charge in [0.15, 0.2) is 6.10 Å². The number of esters is 3. The van der Waals surface area contributed by atoms with Crippen LogP contribution >= 0.6 is 0 Å². The van der Waals surface area contributed by atoms with Gasteiger partial charge >= 0.3 is 17.9 Å². The van der Waals surface area contributed by atoms with Crippen LogP contribution in [0.25, 0.3) is 0 Å². The molecule has 0 saturated heterocycles. The Hall–Kier alpha value is -4.19. The normalized spacial score (nSPS) is 12.9. The van der Waals surface area contributed by atoms with Crippen molar-refractivity contribution in [3.05, 3.63) is 122 Å².